The minimum Gasteiger partial charge on any atom is -0.796 e. The molecule has 0 radical (unpaired) electrons. The maximum absolute atomic E-state index is 5.40. The number of hydrogen-bond donors (Lipinski definition) is 1. The van der Waals surface area contributed by atoms with E-state index >= 15 is 0 Å². The van der Waals surface area contributed by atoms with Gasteiger partial charge in [-0.15, -0.1) is 0 Å². The van der Waals surface area contributed by atoms with Gasteiger partial charge >= 0.3 is 51.4 Å². The molecule has 82 valence electrons. The van der Waals surface area contributed by atoms with Gasteiger partial charge in [0.25, 0.3) is 0 Å². The molecule has 1 rings (SSSR count). The van der Waals surface area contributed by atoms with E-state index in [9.17, 15) is 0 Å². The van der Waals surface area contributed by atoms with Gasteiger partial charge in [0.15, 0.2) is 0 Å². The standard InChI is InChI=1S/C8H11NO.C2H6.CH4S.K/c1-10-8-4-2-7(6-9)3-5-8;2*1-2;/h2-5H,6,9H2,1H3;1-2H3;2H,1H3;/q;;;+1/p-1. The first-order chi connectivity index (χ1) is 6.86. The number of hydrogen-bond acceptors (Lipinski definition) is 3. The Hall–Kier alpha value is 0.966. The Morgan fingerprint density at radius 2 is 1.53 bits per heavy atom. The smallest absolute Gasteiger partial charge is 0.796 e. The Balaban J connectivity index is -0.000000258. The van der Waals surface area contributed by atoms with E-state index in [-0.39, 0.29) is 51.4 Å². The van der Waals surface area contributed by atoms with Gasteiger partial charge in [-0.05, 0) is 17.7 Å². The van der Waals surface area contributed by atoms with Crippen LogP contribution in [0, 0.1) is 0 Å². The molecule has 15 heavy (non-hydrogen) atoms. The first-order valence-corrected chi connectivity index (χ1v) is 5.42. The Labute approximate surface area is 142 Å². The quantitative estimate of drug-likeness (QED) is 0.562. The summed E-state index contributed by atoms with van der Waals surface area (Å²) in [6, 6.07) is 7.72. The maximum atomic E-state index is 5.40. The fraction of sp³-hybridized carbons (Fsp3) is 0.455. The van der Waals surface area contributed by atoms with Crippen molar-refractivity contribution in [2.45, 2.75) is 20.4 Å². The van der Waals surface area contributed by atoms with Gasteiger partial charge in [0.05, 0.1) is 7.11 Å². The number of ether oxygens (including phenoxy) is 1. The minimum absolute atomic E-state index is 0. The van der Waals surface area contributed by atoms with Crippen LogP contribution in [0.15, 0.2) is 24.3 Å². The third-order valence-corrected chi connectivity index (χ3v) is 1.39. The van der Waals surface area contributed by atoms with Gasteiger partial charge in [-0.25, -0.2) is 0 Å². The van der Waals surface area contributed by atoms with Crippen LogP contribution in [0.25, 0.3) is 0 Å². The summed E-state index contributed by atoms with van der Waals surface area (Å²) in [5, 5.41) is 0. The number of benzene rings is 1. The van der Waals surface area contributed by atoms with Crippen LogP contribution in [0.3, 0.4) is 0 Å². The largest absolute Gasteiger partial charge is 1.00 e. The van der Waals surface area contributed by atoms with Crippen molar-refractivity contribution in [3.63, 3.8) is 0 Å². The third-order valence-electron chi connectivity index (χ3n) is 1.39. The summed E-state index contributed by atoms with van der Waals surface area (Å²) in [6.45, 7) is 4.59. The zero-order valence-corrected chi connectivity index (χ0v) is 14.3. The average Bonchev–Trinajstić information content (AvgIpc) is 2.34. The van der Waals surface area contributed by atoms with Crippen molar-refractivity contribution in [3.8, 4) is 5.75 Å². The number of nitrogens with two attached hydrogens (primary N) is 1. The van der Waals surface area contributed by atoms with Crippen molar-refractivity contribution in [1.82, 2.24) is 0 Å². The Bertz CT molecular complexity index is 181. The Kier molecular flexibility index (Phi) is 24.6. The van der Waals surface area contributed by atoms with E-state index < -0.39 is 0 Å². The van der Waals surface area contributed by atoms with E-state index in [0.29, 0.717) is 6.54 Å². The first kappa shape index (κ1) is 21.3. The topological polar surface area (TPSA) is 35.2 Å². The third kappa shape index (κ3) is 11.2. The van der Waals surface area contributed by atoms with Gasteiger partial charge in [0.1, 0.15) is 5.75 Å². The molecule has 0 fully saturated rings. The zero-order valence-electron chi connectivity index (χ0n) is 10.4. The van der Waals surface area contributed by atoms with Crippen LogP contribution >= 0.6 is 0 Å². The molecule has 0 spiro atoms. The van der Waals surface area contributed by atoms with E-state index in [1.165, 1.54) is 0 Å². The molecular formula is C11H20KNOS. The minimum atomic E-state index is 0. The fourth-order valence-corrected chi connectivity index (χ4v) is 0.762. The molecule has 0 aromatic heterocycles. The van der Waals surface area contributed by atoms with E-state index in [4.69, 9.17) is 10.5 Å². The van der Waals surface area contributed by atoms with Crippen molar-refractivity contribution < 1.29 is 56.1 Å². The van der Waals surface area contributed by atoms with Crippen molar-refractivity contribution in [3.05, 3.63) is 29.8 Å². The van der Waals surface area contributed by atoms with Crippen LogP contribution in [0.1, 0.15) is 19.4 Å². The van der Waals surface area contributed by atoms with Crippen LogP contribution in [0.2, 0.25) is 0 Å². The van der Waals surface area contributed by atoms with Crippen LogP contribution in [-0.4, -0.2) is 13.4 Å². The van der Waals surface area contributed by atoms with E-state index in [0.717, 1.165) is 11.3 Å². The number of methoxy groups -OCH3 is 1. The molecule has 0 saturated carbocycles. The van der Waals surface area contributed by atoms with Gasteiger partial charge in [0, 0.05) is 6.54 Å². The molecule has 0 aliphatic carbocycles. The first-order valence-electron chi connectivity index (χ1n) is 4.60. The predicted octanol–water partition coefficient (Wildman–Crippen LogP) is -0.653. The average molecular weight is 253 g/mol. The second-order valence-corrected chi connectivity index (χ2v) is 2.05. The van der Waals surface area contributed by atoms with Crippen molar-refractivity contribution in [2.24, 2.45) is 5.73 Å². The van der Waals surface area contributed by atoms with Gasteiger partial charge < -0.3 is 23.1 Å². The fourth-order valence-electron chi connectivity index (χ4n) is 0.762. The van der Waals surface area contributed by atoms with Gasteiger partial charge in [-0.2, -0.15) is 6.26 Å². The summed E-state index contributed by atoms with van der Waals surface area (Å²) in [5.74, 6) is 0.872. The molecule has 0 amide bonds. The monoisotopic (exact) mass is 253 g/mol. The van der Waals surface area contributed by atoms with Crippen molar-refractivity contribution in [1.29, 1.82) is 0 Å². The van der Waals surface area contributed by atoms with Gasteiger partial charge in [-0.3, -0.25) is 0 Å². The van der Waals surface area contributed by atoms with E-state index in [1.54, 1.807) is 13.4 Å². The van der Waals surface area contributed by atoms with Gasteiger partial charge in [0.2, 0.25) is 0 Å². The second kappa shape index (κ2) is 17.4. The summed E-state index contributed by atoms with van der Waals surface area (Å²) >= 11 is 4.08. The molecule has 0 heterocycles. The summed E-state index contributed by atoms with van der Waals surface area (Å²) in [5.41, 5.74) is 6.53. The Morgan fingerprint density at radius 1 is 1.13 bits per heavy atom. The molecular weight excluding hydrogens is 233 g/mol. The van der Waals surface area contributed by atoms with Gasteiger partial charge in [-0.1, -0.05) is 26.0 Å². The van der Waals surface area contributed by atoms with E-state index in [2.05, 4.69) is 12.6 Å². The molecule has 0 aliphatic heterocycles. The zero-order chi connectivity index (χ0) is 11.4. The van der Waals surface area contributed by atoms with Crippen molar-refractivity contribution >= 4 is 12.6 Å². The number of rotatable bonds is 2. The molecule has 2 N–H and O–H groups in total. The molecule has 0 aliphatic rings. The van der Waals surface area contributed by atoms with Crippen LogP contribution < -0.4 is 61.9 Å². The molecule has 1 aromatic carbocycles. The maximum Gasteiger partial charge on any atom is 1.00 e. The molecule has 2 nitrogen and oxygen atoms in total. The summed E-state index contributed by atoms with van der Waals surface area (Å²) in [4.78, 5) is 0. The molecule has 0 atom stereocenters. The molecule has 0 unspecified atom stereocenters. The summed E-state index contributed by atoms with van der Waals surface area (Å²) < 4.78 is 4.97. The molecule has 0 bridgehead atoms. The summed E-state index contributed by atoms with van der Waals surface area (Å²) in [6.07, 6.45) is 1.58. The molecule has 1 aromatic rings. The van der Waals surface area contributed by atoms with Crippen LogP contribution in [0.5, 0.6) is 5.75 Å². The van der Waals surface area contributed by atoms with E-state index in [1.807, 2.05) is 38.1 Å². The molecule has 0 saturated heterocycles. The second-order valence-electron chi connectivity index (χ2n) is 2.05. The normalized spacial score (nSPS) is 7.07. The SMILES string of the molecule is CC.COc1ccc(CN)cc1.C[S-].[K+]. The Morgan fingerprint density at radius 3 is 1.80 bits per heavy atom. The predicted molar refractivity (Wildman–Crippen MR) is 65.5 cm³/mol. The van der Waals surface area contributed by atoms with Crippen molar-refractivity contribution in [2.75, 3.05) is 13.4 Å². The van der Waals surface area contributed by atoms with Crippen LogP contribution in [0.4, 0.5) is 0 Å². The molecule has 4 heteroatoms. The summed E-state index contributed by atoms with van der Waals surface area (Å²) in [7, 11) is 1.65. The van der Waals surface area contributed by atoms with Crippen LogP contribution in [-0.2, 0) is 19.2 Å².